The summed E-state index contributed by atoms with van der Waals surface area (Å²) >= 11 is 6.61. The minimum absolute atomic E-state index is 0.00837. The van der Waals surface area contributed by atoms with Crippen LogP contribution in [0.4, 0.5) is 0 Å². The lowest BCUT2D eigenvalue weighted by Crippen LogP contribution is -2.67. The van der Waals surface area contributed by atoms with E-state index in [0.717, 1.165) is 40.6 Å². The average molecular weight is 436 g/mol. The van der Waals surface area contributed by atoms with Crippen LogP contribution in [0, 0.1) is 0 Å². The first kappa shape index (κ1) is 20.1. The Kier molecular flexibility index (Phi) is 4.82. The monoisotopic (exact) mass is 435 g/mol. The zero-order valence-corrected chi connectivity index (χ0v) is 18.6. The van der Waals surface area contributed by atoms with Crippen LogP contribution >= 0.6 is 11.6 Å². The summed E-state index contributed by atoms with van der Waals surface area (Å²) in [4.78, 5) is 34.1. The van der Waals surface area contributed by atoms with Crippen molar-refractivity contribution in [3.63, 3.8) is 0 Å². The van der Waals surface area contributed by atoms with E-state index in [0.29, 0.717) is 18.1 Å². The molecule has 5 nitrogen and oxygen atoms in total. The Morgan fingerprint density at radius 3 is 2.65 bits per heavy atom. The number of carbonyl (C=O) groups excluding carboxylic acids is 2. The molecule has 31 heavy (non-hydrogen) atoms. The molecular weight excluding hydrogens is 410 g/mol. The van der Waals surface area contributed by atoms with Gasteiger partial charge < -0.3 is 14.8 Å². The first-order chi connectivity index (χ1) is 15.0. The van der Waals surface area contributed by atoms with E-state index < -0.39 is 5.54 Å². The highest BCUT2D eigenvalue weighted by Gasteiger charge is 2.56. The molecule has 6 heteroatoms. The van der Waals surface area contributed by atoms with Gasteiger partial charge in [-0.1, -0.05) is 61.3 Å². The third kappa shape index (κ3) is 2.90. The predicted molar refractivity (Wildman–Crippen MR) is 122 cm³/mol. The number of aromatic nitrogens is 1. The van der Waals surface area contributed by atoms with E-state index in [-0.39, 0.29) is 24.3 Å². The number of hydrogen-bond donors (Lipinski definition) is 1. The molecule has 0 radical (unpaired) electrons. The molecule has 2 amide bonds. The van der Waals surface area contributed by atoms with E-state index >= 15 is 0 Å². The van der Waals surface area contributed by atoms with Crippen LogP contribution in [0.25, 0.3) is 10.9 Å². The lowest BCUT2D eigenvalue weighted by Gasteiger charge is -2.51. The van der Waals surface area contributed by atoms with E-state index in [2.05, 4.69) is 18.0 Å². The normalized spacial score (nSPS) is 23.3. The van der Waals surface area contributed by atoms with Gasteiger partial charge in [0.25, 0.3) is 5.91 Å². The second kappa shape index (κ2) is 7.41. The van der Waals surface area contributed by atoms with Crippen LogP contribution in [0.2, 0.25) is 5.02 Å². The number of piperazine rings is 1. The van der Waals surface area contributed by atoms with Gasteiger partial charge in [0.2, 0.25) is 5.91 Å². The van der Waals surface area contributed by atoms with Crippen LogP contribution in [0.5, 0.6) is 0 Å². The van der Waals surface area contributed by atoms with Crippen molar-refractivity contribution in [1.82, 2.24) is 14.8 Å². The third-order valence-electron chi connectivity index (χ3n) is 6.88. The van der Waals surface area contributed by atoms with Gasteiger partial charge in [0.15, 0.2) is 5.54 Å². The predicted octanol–water partition coefficient (Wildman–Crippen LogP) is 4.65. The summed E-state index contributed by atoms with van der Waals surface area (Å²) in [5.41, 5.74) is 2.78. The lowest BCUT2D eigenvalue weighted by molar-refractivity contribution is -0.166. The number of nitrogens with one attached hydrogen (secondary N) is 1. The van der Waals surface area contributed by atoms with Crippen molar-refractivity contribution in [2.24, 2.45) is 0 Å². The van der Waals surface area contributed by atoms with Crippen LogP contribution in [0.15, 0.2) is 48.5 Å². The maximum absolute atomic E-state index is 13.8. The largest absolute Gasteiger partial charge is 0.356 e. The number of halogens is 1. The molecule has 2 atom stereocenters. The molecule has 2 aliphatic rings. The first-order valence-electron chi connectivity index (χ1n) is 10.9. The zero-order valence-electron chi connectivity index (χ0n) is 17.8. The summed E-state index contributed by atoms with van der Waals surface area (Å²) in [5.74, 6) is -0.127. The maximum Gasteiger partial charge on any atom is 0.254 e. The molecular formula is C25H26ClN3O2. The van der Waals surface area contributed by atoms with E-state index in [4.69, 9.17) is 11.6 Å². The highest BCUT2D eigenvalue weighted by molar-refractivity contribution is 6.31. The second-order valence-electron chi connectivity index (χ2n) is 8.69. The van der Waals surface area contributed by atoms with Crippen molar-refractivity contribution in [3.05, 3.63) is 70.4 Å². The quantitative estimate of drug-likeness (QED) is 0.648. The number of benzene rings is 2. The first-order valence-corrected chi connectivity index (χ1v) is 11.3. The van der Waals surface area contributed by atoms with Crippen molar-refractivity contribution in [1.29, 1.82) is 0 Å². The summed E-state index contributed by atoms with van der Waals surface area (Å²) in [6, 6.07) is 15.9. The molecule has 160 valence electrons. The Bertz CT molecular complexity index is 1190. The smallest absolute Gasteiger partial charge is 0.254 e. The highest BCUT2D eigenvalue weighted by Crippen LogP contribution is 2.49. The Balaban J connectivity index is 1.74. The molecule has 2 aromatic carbocycles. The summed E-state index contributed by atoms with van der Waals surface area (Å²) in [7, 11) is 0. The highest BCUT2D eigenvalue weighted by atomic mass is 35.5. The van der Waals surface area contributed by atoms with Crippen LogP contribution in [0.3, 0.4) is 0 Å². The number of nitrogens with zero attached hydrogens (tertiary/aromatic N) is 2. The van der Waals surface area contributed by atoms with Crippen LogP contribution in [0.1, 0.15) is 49.4 Å². The van der Waals surface area contributed by atoms with Gasteiger partial charge in [-0.2, -0.15) is 0 Å². The molecule has 0 aliphatic carbocycles. The van der Waals surface area contributed by atoms with Gasteiger partial charge in [-0.15, -0.1) is 0 Å². The molecule has 2 aliphatic heterocycles. The number of H-pyrrole nitrogens is 1. The molecule has 3 heterocycles. The summed E-state index contributed by atoms with van der Waals surface area (Å²) in [6.45, 7) is 5.16. The third-order valence-corrected chi connectivity index (χ3v) is 7.22. The number of unbranched alkanes of at least 4 members (excludes halogenated alkanes) is 1. The fraction of sp³-hybridized carbons (Fsp3) is 0.360. The van der Waals surface area contributed by atoms with Gasteiger partial charge in [-0.25, -0.2) is 0 Å². The Hall–Kier alpha value is -2.79. The van der Waals surface area contributed by atoms with Crippen LogP contribution in [-0.4, -0.2) is 46.2 Å². The fourth-order valence-corrected chi connectivity index (χ4v) is 5.51. The van der Waals surface area contributed by atoms with E-state index in [1.54, 1.807) is 9.80 Å². The fourth-order valence-electron chi connectivity index (χ4n) is 5.24. The van der Waals surface area contributed by atoms with Gasteiger partial charge >= 0.3 is 0 Å². The molecule has 1 fully saturated rings. The molecule has 0 spiro atoms. The van der Waals surface area contributed by atoms with Crippen molar-refractivity contribution >= 4 is 34.3 Å². The molecule has 3 aromatic rings. The van der Waals surface area contributed by atoms with Gasteiger partial charge in [-0.05, 0) is 36.6 Å². The van der Waals surface area contributed by atoms with Crippen LogP contribution < -0.4 is 0 Å². The number of aromatic amines is 1. The van der Waals surface area contributed by atoms with Gasteiger partial charge in [0.1, 0.15) is 0 Å². The average Bonchev–Trinajstić information content (AvgIpc) is 3.17. The molecule has 2 unspecified atom stereocenters. The Morgan fingerprint density at radius 1 is 1.13 bits per heavy atom. The molecule has 1 aromatic heterocycles. The van der Waals surface area contributed by atoms with E-state index in [9.17, 15) is 9.59 Å². The van der Waals surface area contributed by atoms with Crippen molar-refractivity contribution in [2.45, 2.75) is 38.1 Å². The van der Waals surface area contributed by atoms with Crippen molar-refractivity contribution in [3.8, 4) is 0 Å². The minimum atomic E-state index is -1.05. The molecule has 0 bridgehead atoms. The van der Waals surface area contributed by atoms with Crippen LogP contribution in [-0.2, 0) is 15.1 Å². The number of amides is 2. The van der Waals surface area contributed by atoms with Gasteiger partial charge in [0, 0.05) is 34.9 Å². The second-order valence-corrected chi connectivity index (χ2v) is 9.10. The maximum atomic E-state index is 13.8. The molecule has 1 N–H and O–H groups in total. The summed E-state index contributed by atoms with van der Waals surface area (Å²) in [6.07, 6.45) is 1.86. The summed E-state index contributed by atoms with van der Waals surface area (Å²) in [5, 5.41) is 1.75. The molecule has 0 saturated carbocycles. The molecule has 1 saturated heterocycles. The number of rotatable bonds is 4. The minimum Gasteiger partial charge on any atom is -0.356 e. The van der Waals surface area contributed by atoms with Gasteiger partial charge in [0.05, 0.1) is 12.2 Å². The summed E-state index contributed by atoms with van der Waals surface area (Å²) < 4.78 is 0. The van der Waals surface area contributed by atoms with Crippen molar-refractivity contribution in [2.75, 3.05) is 19.6 Å². The Labute approximate surface area is 187 Å². The van der Waals surface area contributed by atoms with Crippen molar-refractivity contribution < 1.29 is 9.59 Å². The topological polar surface area (TPSA) is 56.4 Å². The number of para-hydroxylation sites is 1. The SMILES string of the molecule is CCCCN1CC(=O)N2CC(c3ccccc3Cl)c3c([nH]c4ccccc34)C2(C)C1=O. The number of hydrogen-bond acceptors (Lipinski definition) is 2. The van der Waals surface area contributed by atoms with E-state index in [1.165, 1.54) is 0 Å². The Morgan fingerprint density at radius 2 is 1.87 bits per heavy atom. The number of fused-ring (bicyclic) bond motifs is 5. The van der Waals surface area contributed by atoms with Gasteiger partial charge in [-0.3, -0.25) is 9.59 Å². The lowest BCUT2D eigenvalue weighted by atomic mass is 9.76. The zero-order chi connectivity index (χ0) is 21.8. The number of carbonyl (C=O) groups is 2. The standard InChI is InChI=1S/C25H26ClN3O2/c1-3-4-13-28-15-21(30)29-14-18(16-9-5-7-11-19(16)26)22-17-10-6-8-12-20(17)27-23(22)25(29,2)24(28)31/h5-12,18,27H,3-4,13-15H2,1-2H3. The van der Waals surface area contributed by atoms with E-state index in [1.807, 2.05) is 49.4 Å². The molecule has 5 rings (SSSR count).